The van der Waals surface area contributed by atoms with Crippen LogP contribution >= 0.6 is 23.5 Å². The van der Waals surface area contributed by atoms with Gasteiger partial charge in [-0.2, -0.15) is 0 Å². The third-order valence-electron chi connectivity index (χ3n) is 5.43. The quantitative estimate of drug-likeness (QED) is 0.108. The fourth-order valence-corrected chi connectivity index (χ4v) is 4.33. The molecule has 1 heterocycles. The number of rotatable bonds is 17. The van der Waals surface area contributed by atoms with E-state index >= 15 is 0 Å². The predicted octanol–water partition coefficient (Wildman–Crippen LogP) is 2.47. The summed E-state index contributed by atoms with van der Waals surface area (Å²) in [5.74, 6) is -2.81. The van der Waals surface area contributed by atoms with Crippen molar-refractivity contribution in [3.8, 4) is 0 Å². The molecule has 16 heteroatoms. The number of hydrogen-bond donors (Lipinski definition) is 1. The maximum Gasteiger partial charge on any atom is 0.371 e. The number of unbranched alkanes of at least 4 members (excludes halogenated alkanes) is 1. The number of ether oxygens (including phenoxy) is 6. The van der Waals surface area contributed by atoms with Crippen molar-refractivity contribution in [1.29, 1.82) is 0 Å². The van der Waals surface area contributed by atoms with Gasteiger partial charge in [-0.3, -0.25) is 19.3 Å². The number of nitrogens with zero attached hydrogens (tertiary/aromatic N) is 1. The van der Waals surface area contributed by atoms with Gasteiger partial charge in [0.1, 0.15) is 6.04 Å². The van der Waals surface area contributed by atoms with Crippen LogP contribution in [0.4, 0.5) is 9.59 Å². The number of esters is 3. The Morgan fingerprint density at radius 3 is 2.02 bits per heavy atom. The molecule has 1 aliphatic rings. The molecule has 1 amide bonds. The molecule has 0 aliphatic carbocycles. The molecule has 1 fully saturated rings. The van der Waals surface area contributed by atoms with Gasteiger partial charge in [0.05, 0.1) is 24.6 Å². The lowest BCUT2D eigenvalue weighted by Gasteiger charge is -2.26. The summed E-state index contributed by atoms with van der Waals surface area (Å²) in [6, 6.07) is -1.25. The Labute approximate surface area is 248 Å². The molecular weight excluding hydrogens is 584 g/mol. The second-order valence-corrected chi connectivity index (χ2v) is 11.6. The highest BCUT2D eigenvalue weighted by atomic mass is 32.2. The molecule has 0 aromatic carbocycles. The second-order valence-electron chi connectivity index (χ2n) is 9.04. The molecule has 0 saturated carbocycles. The van der Waals surface area contributed by atoms with Gasteiger partial charge in [-0.15, -0.1) is 0 Å². The predicted molar refractivity (Wildman–Crippen MR) is 149 cm³/mol. The minimum Gasteiger partial charge on any atom is -0.464 e. The van der Waals surface area contributed by atoms with Gasteiger partial charge in [-0.1, -0.05) is 13.8 Å². The standard InChI is InChI=1S/C25H40N2O12S2/c1-5-19(28)36-16-38-23(32)40-15-18(21(30)35-12-8-7-9-27-10-13-34-14-11-27)26-22(31)25(3,4)41-24(33)39-17-37-20(29)6-2/h18H,5-17H2,1-4H3,(H,26,31)/t18-/m0/s1. The zero-order valence-electron chi connectivity index (χ0n) is 23.9. The van der Waals surface area contributed by atoms with Gasteiger partial charge in [0.2, 0.25) is 19.5 Å². The van der Waals surface area contributed by atoms with Gasteiger partial charge in [-0.05, 0) is 56.8 Å². The Balaban J connectivity index is 2.65. The number of carbonyl (C=O) groups is 6. The smallest absolute Gasteiger partial charge is 0.371 e. The second kappa shape index (κ2) is 20.3. The Morgan fingerprint density at radius 1 is 0.854 bits per heavy atom. The van der Waals surface area contributed by atoms with E-state index in [1.165, 1.54) is 13.8 Å². The summed E-state index contributed by atoms with van der Waals surface area (Å²) in [5, 5.41) is 0.818. The van der Waals surface area contributed by atoms with Gasteiger partial charge < -0.3 is 33.7 Å². The number of amides is 1. The van der Waals surface area contributed by atoms with Crippen molar-refractivity contribution in [1.82, 2.24) is 10.2 Å². The first-order valence-corrected chi connectivity index (χ1v) is 15.0. The number of thioether (sulfide) groups is 2. The third-order valence-corrected chi connectivity index (χ3v) is 7.26. The molecule has 0 bridgehead atoms. The molecular formula is C25H40N2O12S2. The van der Waals surface area contributed by atoms with E-state index in [0.717, 1.165) is 26.1 Å². The van der Waals surface area contributed by atoms with Crippen LogP contribution in [0.25, 0.3) is 0 Å². The topological polar surface area (TPSA) is 173 Å². The highest BCUT2D eigenvalue weighted by Gasteiger charge is 2.36. The number of hydrogen-bond acceptors (Lipinski definition) is 15. The fraction of sp³-hybridized carbons (Fsp3) is 0.760. The zero-order valence-corrected chi connectivity index (χ0v) is 25.6. The molecule has 0 aromatic heterocycles. The lowest BCUT2D eigenvalue weighted by Crippen LogP contribution is -2.50. The Morgan fingerprint density at radius 2 is 1.44 bits per heavy atom. The van der Waals surface area contributed by atoms with Gasteiger partial charge in [0.15, 0.2) is 0 Å². The number of nitrogens with one attached hydrogen (secondary N) is 1. The molecule has 0 radical (unpaired) electrons. The van der Waals surface area contributed by atoms with Crippen molar-refractivity contribution < 1.29 is 57.2 Å². The summed E-state index contributed by atoms with van der Waals surface area (Å²) in [5.41, 5.74) is 0. The molecule has 1 atom stereocenters. The Bertz CT molecular complexity index is 881. The minimum atomic E-state index is -1.40. The molecule has 0 aromatic rings. The normalized spacial score (nSPS) is 14.3. The Kier molecular flexibility index (Phi) is 18.1. The molecule has 14 nitrogen and oxygen atoms in total. The van der Waals surface area contributed by atoms with Crippen molar-refractivity contribution >= 4 is 57.9 Å². The van der Waals surface area contributed by atoms with Crippen molar-refractivity contribution in [3.05, 3.63) is 0 Å². The average molecular weight is 625 g/mol. The van der Waals surface area contributed by atoms with Crippen LogP contribution in [0, 0.1) is 0 Å². The maximum absolute atomic E-state index is 13.0. The summed E-state index contributed by atoms with van der Waals surface area (Å²) >= 11 is 1.11. The summed E-state index contributed by atoms with van der Waals surface area (Å²) in [7, 11) is 0. The highest BCUT2D eigenvalue weighted by molar-refractivity contribution is 8.15. The monoisotopic (exact) mass is 624 g/mol. The fourth-order valence-electron chi connectivity index (χ4n) is 3.00. The van der Waals surface area contributed by atoms with E-state index in [9.17, 15) is 28.8 Å². The van der Waals surface area contributed by atoms with E-state index in [0.29, 0.717) is 43.2 Å². The average Bonchev–Trinajstić information content (AvgIpc) is 2.94. The summed E-state index contributed by atoms with van der Waals surface area (Å²) < 4.78 is 28.3. The summed E-state index contributed by atoms with van der Waals surface area (Å²) in [6.45, 7) is 8.89. The van der Waals surface area contributed by atoms with Crippen molar-refractivity contribution in [2.45, 2.75) is 64.2 Å². The maximum atomic E-state index is 13.0. The Hall–Kier alpha value is -2.56. The van der Waals surface area contributed by atoms with E-state index < -0.39 is 58.8 Å². The van der Waals surface area contributed by atoms with Crippen LogP contribution < -0.4 is 5.32 Å². The van der Waals surface area contributed by atoms with Crippen molar-refractivity contribution in [3.63, 3.8) is 0 Å². The molecule has 1 aliphatic heterocycles. The van der Waals surface area contributed by atoms with E-state index in [-0.39, 0.29) is 25.2 Å². The van der Waals surface area contributed by atoms with E-state index in [2.05, 4.69) is 19.7 Å². The molecule has 1 N–H and O–H groups in total. The highest BCUT2D eigenvalue weighted by Crippen LogP contribution is 2.27. The number of morpholine rings is 1. The third kappa shape index (κ3) is 16.5. The summed E-state index contributed by atoms with van der Waals surface area (Å²) in [4.78, 5) is 74.6. The largest absolute Gasteiger partial charge is 0.464 e. The van der Waals surface area contributed by atoms with Gasteiger partial charge in [-0.25, -0.2) is 14.4 Å². The first-order chi connectivity index (χ1) is 19.5. The van der Waals surface area contributed by atoms with Crippen molar-refractivity contribution in [2.75, 3.05) is 58.8 Å². The van der Waals surface area contributed by atoms with Gasteiger partial charge >= 0.3 is 28.5 Å². The van der Waals surface area contributed by atoms with Crippen LogP contribution in [-0.2, 0) is 47.6 Å². The van der Waals surface area contributed by atoms with E-state index in [1.807, 2.05) is 0 Å². The van der Waals surface area contributed by atoms with Crippen LogP contribution in [0.3, 0.4) is 0 Å². The first kappa shape index (κ1) is 36.5. The minimum absolute atomic E-state index is 0.110. The SMILES string of the molecule is CCC(=O)OCOC(=O)SC[C@H](NC(=O)C(C)(C)SC(=O)OCOC(=O)CC)C(=O)OCCCCN1CCOCC1. The molecule has 41 heavy (non-hydrogen) atoms. The molecule has 1 saturated heterocycles. The van der Waals surface area contributed by atoms with E-state index in [4.69, 9.17) is 18.9 Å². The molecule has 0 spiro atoms. The van der Waals surface area contributed by atoms with Crippen molar-refractivity contribution in [2.24, 2.45) is 0 Å². The molecule has 1 rings (SSSR count). The molecule has 0 unspecified atom stereocenters. The summed E-state index contributed by atoms with van der Waals surface area (Å²) in [6.07, 6.45) is 1.61. The van der Waals surface area contributed by atoms with E-state index in [1.54, 1.807) is 13.8 Å². The van der Waals surface area contributed by atoms with Crippen LogP contribution in [0.5, 0.6) is 0 Å². The van der Waals surface area contributed by atoms with Crippen LogP contribution in [-0.4, -0.2) is 109 Å². The van der Waals surface area contributed by atoms with Crippen LogP contribution in [0.2, 0.25) is 0 Å². The van der Waals surface area contributed by atoms with Crippen LogP contribution in [0.1, 0.15) is 53.4 Å². The number of carbonyl (C=O) groups excluding carboxylic acids is 6. The zero-order chi connectivity index (χ0) is 30.7. The lowest BCUT2D eigenvalue weighted by molar-refractivity contribution is -0.152. The van der Waals surface area contributed by atoms with Gasteiger partial charge in [0, 0.05) is 31.7 Å². The first-order valence-electron chi connectivity index (χ1n) is 13.2. The molecule has 234 valence electrons. The lowest BCUT2D eigenvalue weighted by atomic mass is 10.2. The van der Waals surface area contributed by atoms with Gasteiger partial charge in [0.25, 0.3) is 0 Å². The van der Waals surface area contributed by atoms with Crippen LogP contribution in [0.15, 0.2) is 0 Å².